The van der Waals surface area contributed by atoms with Crippen molar-refractivity contribution < 1.29 is 23.6 Å². The number of aromatic nitrogens is 3. The fourth-order valence-electron chi connectivity index (χ4n) is 6.07. The van der Waals surface area contributed by atoms with Gasteiger partial charge in [0.05, 0.1) is 30.1 Å². The van der Waals surface area contributed by atoms with Crippen LogP contribution in [0.25, 0.3) is 28.1 Å². The molecule has 1 aliphatic carbocycles. The second-order valence-electron chi connectivity index (χ2n) is 13.4. The summed E-state index contributed by atoms with van der Waals surface area (Å²) in [6.45, 7) is 9.41. The molecule has 0 bridgehead atoms. The molecule has 2 aliphatic rings. The fraction of sp³-hybridized carbons (Fsp3) is 0.308. The van der Waals surface area contributed by atoms with E-state index in [1.807, 2.05) is 77.5 Å². The second kappa shape index (κ2) is 13.1. The van der Waals surface area contributed by atoms with Crippen molar-refractivity contribution in [2.45, 2.75) is 64.6 Å². The summed E-state index contributed by atoms with van der Waals surface area (Å²) >= 11 is 0. The van der Waals surface area contributed by atoms with E-state index >= 15 is 0 Å². The third-order valence-corrected chi connectivity index (χ3v) is 9.57. The molecule has 7 rings (SSSR count). The Morgan fingerprint density at radius 3 is 2.21 bits per heavy atom. The van der Waals surface area contributed by atoms with E-state index in [2.05, 4.69) is 44.9 Å². The van der Waals surface area contributed by atoms with Gasteiger partial charge in [0, 0.05) is 41.7 Å². The molecule has 0 N–H and O–H groups in total. The van der Waals surface area contributed by atoms with Crippen LogP contribution in [0.1, 0.15) is 62.9 Å². The largest absolute Gasteiger partial charge is 0.494 e. The third kappa shape index (κ3) is 6.53. The van der Waals surface area contributed by atoms with Crippen LogP contribution in [0.4, 0.5) is 0 Å². The van der Waals surface area contributed by atoms with Crippen molar-refractivity contribution in [3.05, 3.63) is 109 Å². The molecule has 3 aromatic carbocycles. The Bertz CT molecular complexity index is 1900. The molecule has 8 nitrogen and oxygen atoms in total. The predicted octanol–water partition coefficient (Wildman–Crippen LogP) is 7.27. The van der Waals surface area contributed by atoms with Crippen LogP contribution in [0.15, 0.2) is 97.5 Å². The predicted molar refractivity (Wildman–Crippen MR) is 187 cm³/mol. The van der Waals surface area contributed by atoms with E-state index in [1.165, 1.54) is 0 Å². The van der Waals surface area contributed by atoms with Gasteiger partial charge in [-0.25, -0.2) is 4.68 Å². The normalized spacial score (nSPS) is 16.2. The lowest BCUT2D eigenvalue weighted by atomic mass is 9.79. The van der Waals surface area contributed by atoms with Gasteiger partial charge in [-0.2, -0.15) is 5.10 Å². The first kappa shape index (κ1) is 31.9. The second-order valence-corrected chi connectivity index (χ2v) is 13.4. The molecule has 0 amide bonds. The lowest BCUT2D eigenvalue weighted by Crippen LogP contribution is -2.41. The Labute approximate surface area is 282 Å². The minimum Gasteiger partial charge on any atom is -0.494 e. The van der Waals surface area contributed by atoms with Gasteiger partial charge >= 0.3 is 7.12 Å². The first-order valence-electron chi connectivity index (χ1n) is 16.7. The molecular formula is C39H40BN3O5. The average Bonchev–Trinajstić information content (AvgIpc) is 3.76. The van der Waals surface area contributed by atoms with Crippen molar-refractivity contribution in [2.24, 2.45) is 0 Å². The molecule has 5 aromatic rings. The van der Waals surface area contributed by atoms with Gasteiger partial charge in [0.2, 0.25) is 0 Å². The number of fused-ring (bicyclic) bond motifs is 1. The van der Waals surface area contributed by atoms with Crippen LogP contribution < -0.4 is 14.9 Å². The van der Waals surface area contributed by atoms with Crippen LogP contribution in [-0.4, -0.2) is 52.1 Å². The number of pyridine rings is 1. The highest BCUT2D eigenvalue weighted by Crippen LogP contribution is 2.37. The van der Waals surface area contributed by atoms with Crippen LogP contribution in [0, 0.1) is 0 Å². The number of hydrogen-bond acceptors (Lipinski definition) is 7. The van der Waals surface area contributed by atoms with E-state index in [1.54, 1.807) is 12.4 Å². The first-order chi connectivity index (χ1) is 23.2. The molecule has 1 aliphatic heterocycles. The summed E-state index contributed by atoms with van der Waals surface area (Å²) in [7, 11) is -0.408. The zero-order valence-electron chi connectivity index (χ0n) is 27.9. The number of hydrogen-bond donors (Lipinski definition) is 0. The zero-order chi connectivity index (χ0) is 33.3. The van der Waals surface area contributed by atoms with Crippen molar-refractivity contribution in [3.8, 4) is 39.6 Å². The van der Waals surface area contributed by atoms with Crippen LogP contribution in [0.2, 0.25) is 0 Å². The lowest BCUT2D eigenvalue weighted by molar-refractivity contribution is 0.00578. The van der Waals surface area contributed by atoms with E-state index < -0.39 is 7.12 Å². The number of nitrogens with zero attached hydrogens (tertiary/aromatic N) is 3. The number of carbonyl (C=O) groups excluding carboxylic acids is 1. The van der Waals surface area contributed by atoms with Gasteiger partial charge in [0.25, 0.3) is 0 Å². The maximum atomic E-state index is 12.2. The van der Waals surface area contributed by atoms with Gasteiger partial charge < -0.3 is 18.8 Å². The smallest absolute Gasteiger partial charge is 0.494 e. The summed E-state index contributed by atoms with van der Waals surface area (Å²) in [5, 5.41) is 4.98. The van der Waals surface area contributed by atoms with E-state index in [0.29, 0.717) is 19.6 Å². The van der Waals surface area contributed by atoms with Crippen LogP contribution >= 0.6 is 0 Å². The van der Waals surface area contributed by atoms with Gasteiger partial charge in [0.15, 0.2) is 5.78 Å². The number of Topliss-reactive ketones (excluding diaryl/α,β-unsaturated/α-hetero) is 1. The standard InChI is InChI=1S/C39H40BN3O5/c1-38(2)39(3,4)48-40(47-38)30-8-7-9-33(25-30)46-23-6-5-22-45-32-14-12-31(13-15-32)43-26-35(37(42-43)27-18-20-41-21-19-27)29-10-16-34-28(24-29)11-17-36(34)44/h7-10,12-16,18-21,24-26H,5-6,11,17,22-23H2,1-4H3. The van der Waals surface area contributed by atoms with E-state index in [4.69, 9.17) is 23.9 Å². The average molecular weight is 642 g/mol. The summed E-state index contributed by atoms with van der Waals surface area (Å²) in [5.74, 6) is 1.83. The van der Waals surface area contributed by atoms with Crippen molar-refractivity contribution in [1.82, 2.24) is 14.8 Å². The topological polar surface area (TPSA) is 84.7 Å². The van der Waals surface area contributed by atoms with Crippen LogP contribution in [0.3, 0.4) is 0 Å². The Balaban J connectivity index is 0.943. The van der Waals surface area contributed by atoms with Gasteiger partial charge in [-0.15, -0.1) is 0 Å². The van der Waals surface area contributed by atoms with Crippen molar-refractivity contribution in [3.63, 3.8) is 0 Å². The van der Waals surface area contributed by atoms with Gasteiger partial charge in [-0.3, -0.25) is 9.78 Å². The molecule has 0 atom stereocenters. The monoisotopic (exact) mass is 641 g/mol. The van der Waals surface area contributed by atoms with Gasteiger partial charge in [-0.05, 0) is 112 Å². The summed E-state index contributed by atoms with van der Waals surface area (Å²) < 4.78 is 26.3. The third-order valence-electron chi connectivity index (χ3n) is 9.57. The maximum Gasteiger partial charge on any atom is 0.494 e. The zero-order valence-corrected chi connectivity index (χ0v) is 27.9. The van der Waals surface area contributed by atoms with Crippen molar-refractivity contribution in [2.75, 3.05) is 13.2 Å². The Hall–Kier alpha value is -4.73. The molecule has 3 heterocycles. The Kier molecular flexibility index (Phi) is 8.66. The number of unbranched alkanes of at least 4 members (excludes halogenated alkanes) is 1. The minimum absolute atomic E-state index is 0.220. The highest BCUT2D eigenvalue weighted by Gasteiger charge is 2.51. The number of aryl methyl sites for hydroxylation is 1. The highest BCUT2D eigenvalue weighted by atomic mass is 16.7. The molecule has 0 saturated carbocycles. The number of ketones is 1. The van der Waals surface area contributed by atoms with E-state index in [-0.39, 0.29) is 17.0 Å². The van der Waals surface area contributed by atoms with Crippen LogP contribution in [0.5, 0.6) is 11.5 Å². The number of carbonyl (C=O) groups is 1. The van der Waals surface area contributed by atoms with Crippen molar-refractivity contribution >= 4 is 18.4 Å². The van der Waals surface area contributed by atoms with Gasteiger partial charge in [0.1, 0.15) is 17.2 Å². The summed E-state index contributed by atoms with van der Waals surface area (Å²) in [6, 6.07) is 26.0. The summed E-state index contributed by atoms with van der Waals surface area (Å²) in [4.78, 5) is 16.4. The molecule has 9 heteroatoms. The highest BCUT2D eigenvalue weighted by molar-refractivity contribution is 6.62. The number of ether oxygens (including phenoxy) is 2. The SMILES string of the molecule is CC1(C)OB(c2cccc(OCCCCOc3ccc(-n4cc(-c5ccc6c(c5)CCC6=O)c(-c5ccncc5)n4)cc3)c2)OC1(C)C. The van der Waals surface area contributed by atoms with E-state index in [9.17, 15) is 4.79 Å². The molecule has 0 radical (unpaired) electrons. The number of benzene rings is 3. The summed E-state index contributed by atoms with van der Waals surface area (Å²) in [6.07, 6.45) is 8.70. The molecule has 0 spiro atoms. The quantitative estimate of drug-likeness (QED) is 0.111. The molecule has 0 unspecified atom stereocenters. The van der Waals surface area contributed by atoms with Crippen LogP contribution in [-0.2, 0) is 15.7 Å². The van der Waals surface area contributed by atoms with E-state index in [0.717, 1.165) is 75.4 Å². The number of rotatable bonds is 11. The molecule has 48 heavy (non-hydrogen) atoms. The lowest BCUT2D eigenvalue weighted by Gasteiger charge is -2.32. The maximum absolute atomic E-state index is 12.2. The summed E-state index contributed by atoms with van der Waals surface area (Å²) in [5.41, 5.74) is 6.96. The molecule has 1 saturated heterocycles. The van der Waals surface area contributed by atoms with Crippen molar-refractivity contribution in [1.29, 1.82) is 0 Å². The fourth-order valence-corrected chi connectivity index (χ4v) is 6.07. The molecular weight excluding hydrogens is 601 g/mol. The molecule has 1 fully saturated rings. The molecule has 2 aromatic heterocycles. The van der Waals surface area contributed by atoms with Gasteiger partial charge in [-0.1, -0.05) is 30.3 Å². The Morgan fingerprint density at radius 2 is 1.48 bits per heavy atom. The Morgan fingerprint density at radius 1 is 0.771 bits per heavy atom. The minimum atomic E-state index is -0.408. The molecule has 244 valence electrons. The first-order valence-corrected chi connectivity index (χ1v) is 16.7.